The smallest absolute Gasteiger partial charge is 0.273 e. The van der Waals surface area contributed by atoms with Crippen molar-refractivity contribution in [3.05, 3.63) is 50.9 Å². The summed E-state index contributed by atoms with van der Waals surface area (Å²) in [5.41, 5.74) is 6.89. The summed E-state index contributed by atoms with van der Waals surface area (Å²) < 4.78 is 0. The molecule has 2 heterocycles. The van der Waals surface area contributed by atoms with Crippen molar-refractivity contribution in [1.29, 1.82) is 0 Å². The summed E-state index contributed by atoms with van der Waals surface area (Å²) in [6.07, 6.45) is 1.01. The van der Waals surface area contributed by atoms with Crippen LogP contribution < -0.4 is 5.73 Å². The highest BCUT2D eigenvalue weighted by atomic mass is 35.5. The molecule has 5 nitrogen and oxygen atoms in total. The van der Waals surface area contributed by atoms with Crippen LogP contribution in [0.3, 0.4) is 0 Å². The molecule has 1 aliphatic heterocycles. The molecule has 3 N–H and O–H groups in total. The third kappa shape index (κ3) is 4.71. The van der Waals surface area contributed by atoms with Gasteiger partial charge in [-0.3, -0.25) is 4.79 Å². The highest BCUT2D eigenvalue weighted by Crippen LogP contribution is 2.31. The second-order valence-corrected chi connectivity index (χ2v) is 7.34. The molecule has 1 aliphatic rings. The molecule has 0 bridgehead atoms. The van der Waals surface area contributed by atoms with E-state index in [4.69, 9.17) is 17.3 Å². The summed E-state index contributed by atoms with van der Waals surface area (Å²) >= 11 is 7.30. The number of amides is 1. The number of halogens is 2. The molecule has 0 saturated carbocycles. The van der Waals surface area contributed by atoms with Crippen molar-refractivity contribution in [3.63, 3.8) is 0 Å². The summed E-state index contributed by atoms with van der Waals surface area (Å²) in [5.74, 6) is 0.0932. The van der Waals surface area contributed by atoms with Gasteiger partial charge in [-0.05, 0) is 36.5 Å². The Labute approximate surface area is 162 Å². The van der Waals surface area contributed by atoms with Gasteiger partial charge in [-0.1, -0.05) is 23.7 Å². The molecule has 1 aromatic carbocycles. The number of likely N-dealkylation sites (tertiary alicyclic amines) is 1. The second-order valence-electron chi connectivity index (χ2n) is 5.96. The van der Waals surface area contributed by atoms with Crippen LogP contribution in [0.25, 0.3) is 0 Å². The van der Waals surface area contributed by atoms with Gasteiger partial charge in [0.05, 0.1) is 6.10 Å². The number of piperidine rings is 1. The van der Waals surface area contributed by atoms with Crippen molar-refractivity contribution in [1.82, 2.24) is 9.88 Å². The van der Waals surface area contributed by atoms with Gasteiger partial charge < -0.3 is 15.7 Å². The Morgan fingerprint density at radius 1 is 1.36 bits per heavy atom. The summed E-state index contributed by atoms with van der Waals surface area (Å²) in [7, 11) is 0. The number of hydrogen-bond acceptors (Lipinski definition) is 5. The molecule has 0 spiro atoms. The predicted octanol–water partition coefficient (Wildman–Crippen LogP) is 3.26. The monoisotopic (exact) mass is 401 g/mol. The van der Waals surface area contributed by atoms with E-state index in [0.717, 1.165) is 23.4 Å². The zero-order valence-electron chi connectivity index (χ0n) is 13.6. The molecule has 1 amide bonds. The Kier molecular flexibility index (Phi) is 7.22. The highest BCUT2D eigenvalue weighted by Gasteiger charge is 2.29. The fourth-order valence-corrected chi connectivity index (χ4v) is 3.79. The number of hydrogen-bond donors (Lipinski definition) is 2. The van der Waals surface area contributed by atoms with Crippen molar-refractivity contribution in [3.8, 4) is 0 Å². The van der Waals surface area contributed by atoms with E-state index in [1.807, 2.05) is 12.1 Å². The molecule has 1 unspecified atom stereocenters. The summed E-state index contributed by atoms with van der Waals surface area (Å²) in [6.45, 7) is 1.61. The van der Waals surface area contributed by atoms with Crippen molar-refractivity contribution in [2.24, 2.45) is 11.7 Å². The second kappa shape index (κ2) is 8.96. The van der Waals surface area contributed by atoms with Gasteiger partial charge in [0.2, 0.25) is 0 Å². The summed E-state index contributed by atoms with van der Waals surface area (Å²) in [4.78, 5) is 18.5. The van der Waals surface area contributed by atoms with Crippen LogP contribution in [0.4, 0.5) is 0 Å². The third-order valence-corrected chi connectivity index (χ3v) is 5.55. The van der Waals surface area contributed by atoms with Gasteiger partial charge in [-0.15, -0.1) is 23.7 Å². The van der Waals surface area contributed by atoms with Crippen LogP contribution in [-0.4, -0.2) is 34.0 Å². The van der Waals surface area contributed by atoms with Crippen LogP contribution >= 0.6 is 35.3 Å². The van der Waals surface area contributed by atoms with E-state index in [1.54, 1.807) is 22.4 Å². The van der Waals surface area contributed by atoms with Gasteiger partial charge in [-0.25, -0.2) is 4.98 Å². The molecule has 0 radical (unpaired) electrons. The Bertz CT molecular complexity index is 700. The molecule has 136 valence electrons. The molecule has 8 heteroatoms. The number of carbonyl (C=O) groups excluding carboxylic acids is 1. The number of nitrogens with two attached hydrogens (primary N) is 1. The standard InChI is InChI=1S/C17H20ClN3O2S.ClH/c18-13-3-1-11(2-4-13)16(22)12-5-7-21(8-6-12)17(23)14-10-24-15(9-19)20-14;/h1-4,10,12,16,22H,5-9,19H2;1H. The minimum absolute atomic E-state index is 0. The molecular weight excluding hydrogens is 381 g/mol. The maximum absolute atomic E-state index is 12.5. The van der Waals surface area contributed by atoms with Gasteiger partial charge in [0, 0.05) is 30.0 Å². The van der Waals surface area contributed by atoms with E-state index in [2.05, 4.69) is 4.98 Å². The fourth-order valence-electron chi connectivity index (χ4n) is 3.02. The fraction of sp³-hybridized carbons (Fsp3) is 0.412. The lowest BCUT2D eigenvalue weighted by Crippen LogP contribution is -2.40. The molecule has 0 aliphatic carbocycles. The number of thiazole rings is 1. The number of aliphatic hydroxyl groups excluding tert-OH is 1. The minimum atomic E-state index is -0.525. The molecule has 1 fully saturated rings. The van der Waals surface area contributed by atoms with Gasteiger partial charge in [0.1, 0.15) is 10.7 Å². The van der Waals surface area contributed by atoms with Crippen LogP contribution in [0.5, 0.6) is 0 Å². The Balaban J connectivity index is 0.00000225. The molecular formula is C17H21Cl2N3O2S. The van der Waals surface area contributed by atoms with Crippen LogP contribution in [0, 0.1) is 5.92 Å². The Morgan fingerprint density at radius 2 is 2.00 bits per heavy atom. The first-order chi connectivity index (χ1) is 11.6. The number of aliphatic hydroxyl groups is 1. The molecule has 1 aromatic heterocycles. The zero-order chi connectivity index (χ0) is 17.1. The Hall–Kier alpha value is -1.18. The van der Waals surface area contributed by atoms with Crippen molar-refractivity contribution in [2.75, 3.05) is 13.1 Å². The van der Waals surface area contributed by atoms with Crippen LogP contribution in [-0.2, 0) is 6.54 Å². The van der Waals surface area contributed by atoms with E-state index >= 15 is 0 Å². The predicted molar refractivity (Wildman–Crippen MR) is 102 cm³/mol. The maximum atomic E-state index is 12.5. The largest absolute Gasteiger partial charge is 0.388 e. The molecule has 1 atom stereocenters. The van der Waals surface area contributed by atoms with Crippen LogP contribution in [0.15, 0.2) is 29.6 Å². The van der Waals surface area contributed by atoms with E-state index in [1.165, 1.54) is 11.3 Å². The van der Waals surface area contributed by atoms with Gasteiger partial charge in [0.25, 0.3) is 5.91 Å². The first-order valence-corrected chi connectivity index (χ1v) is 9.21. The zero-order valence-corrected chi connectivity index (χ0v) is 16.0. The number of benzene rings is 1. The lowest BCUT2D eigenvalue weighted by Gasteiger charge is -2.34. The maximum Gasteiger partial charge on any atom is 0.273 e. The quantitative estimate of drug-likeness (QED) is 0.823. The lowest BCUT2D eigenvalue weighted by atomic mass is 9.87. The van der Waals surface area contributed by atoms with Crippen molar-refractivity contribution >= 4 is 41.3 Å². The minimum Gasteiger partial charge on any atom is -0.388 e. The van der Waals surface area contributed by atoms with E-state index in [9.17, 15) is 9.90 Å². The number of carbonyl (C=O) groups is 1. The number of rotatable bonds is 4. The first-order valence-electron chi connectivity index (χ1n) is 7.95. The number of aromatic nitrogens is 1. The normalized spacial score (nSPS) is 16.4. The van der Waals surface area contributed by atoms with E-state index < -0.39 is 6.10 Å². The lowest BCUT2D eigenvalue weighted by molar-refractivity contribution is 0.0459. The van der Waals surface area contributed by atoms with Gasteiger partial charge >= 0.3 is 0 Å². The summed E-state index contributed by atoms with van der Waals surface area (Å²) in [6, 6.07) is 7.29. The SMILES string of the molecule is Cl.NCc1nc(C(=O)N2CCC(C(O)c3ccc(Cl)cc3)CC2)cs1. The van der Waals surface area contributed by atoms with Crippen molar-refractivity contribution in [2.45, 2.75) is 25.5 Å². The molecule has 1 saturated heterocycles. The molecule has 3 rings (SSSR count). The topological polar surface area (TPSA) is 79.5 Å². The third-order valence-electron chi connectivity index (χ3n) is 4.43. The van der Waals surface area contributed by atoms with E-state index in [0.29, 0.717) is 30.4 Å². The average molecular weight is 402 g/mol. The van der Waals surface area contributed by atoms with Crippen LogP contribution in [0.2, 0.25) is 5.02 Å². The summed E-state index contributed by atoms with van der Waals surface area (Å²) in [5, 5.41) is 13.7. The number of nitrogens with zero attached hydrogens (tertiary/aromatic N) is 2. The highest BCUT2D eigenvalue weighted by molar-refractivity contribution is 7.09. The van der Waals surface area contributed by atoms with Crippen LogP contribution in [0.1, 0.15) is 40.0 Å². The Morgan fingerprint density at radius 3 is 2.56 bits per heavy atom. The van der Waals surface area contributed by atoms with Gasteiger partial charge in [0.15, 0.2) is 0 Å². The van der Waals surface area contributed by atoms with E-state index in [-0.39, 0.29) is 24.2 Å². The molecule has 25 heavy (non-hydrogen) atoms. The first kappa shape index (κ1) is 20.1. The average Bonchev–Trinajstić information content (AvgIpc) is 3.10. The molecule has 2 aromatic rings. The van der Waals surface area contributed by atoms with Crippen molar-refractivity contribution < 1.29 is 9.90 Å². The van der Waals surface area contributed by atoms with Gasteiger partial charge in [-0.2, -0.15) is 0 Å².